The molecule has 0 saturated heterocycles. The molecule has 0 saturated carbocycles. The number of para-hydroxylation sites is 1. The lowest BCUT2D eigenvalue weighted by atomic mass is 10.2. The molecule has 0 aliphatic carbocycles. The molecule has 0 aliphatic heterocycles. The first-order chi connectivity index (χ1) is 11.1. The topological polar surface area (TPSA) is 42.4 Å². The first kappa shape index (κ1) is 17.6. The fraction of sp³-hybridized carbons (Fsp3) is 0.294. The van der Waals surface area contributed by atoms with Crippen LogP contribution in [-0.4, -0.2) is 28.9 Å². The summed E-state index contributed by atoms with van der Waals surface area (Å²) in [4.78, 5) is 18.2. The van der Waals surface area contributed by atoms with Crippen molar-refractivity contribution >= 4 is 29.1 Å². The number of halogens is 2. The van der Waals surface area contributed by atoms with Gasteiger partial charge in [-0.3, -0.25) is 9.78 Å². The van der Waals surface area contributed by atoms with Crippen LogP contribution in [0.5, 0.6) is 5.75 Å². The van der Waals surface area contributed by atoms with Crippen LogP contribution in [0.2, 0.25) is 10.0 Å². The van der Waals surface area contributed by atoms with Crippen molar-refractivity contribution in [3.63, 3.8) is 0 Å². The largest absolute Gasteiger partial charge is 0.486 e. The predicted octanol–water partition coefficient (Wildman–Crippen LogP) is 4.45. The van der Waals surface area contributed by atoms with Gasteiger partial charge in [-0.2, -0.15) is 0 Å². The molecule has 0 unspecified atom stereocenters. The molecule has 122 valence electrons. The molecule has 0 spiro atoms. The van der Waals surface area contributed by atoms with Gasteiger partial charge in [0, 0.05) is 31.0 Å². The zero-order valence-electron chi connectivity index (χ0n) is 13.1. The monoisotopic (exact) mass is 352 g/mol. The number of amides is 1. The third kappa shape index (κ3) is 4.36. The normalized spacial score (nSPS) is 10.4. The van der Waals surface area contributed by atoms with Crippen molar-refractivity contribution in [1.29, 1.82) is 0 Å². The van der Waals surface area contributed by atoms with Crippen molar-refractivity contribution in [3.05, 3.63) is 57.8 Å². The fourth-order valence-corrected chi connectivity index (χ4v) is 2.66. The van der Waals surface area contributed by atoms with Crippen molar-refractivity contribution in [2.24, 2.45) is 0 Å². The van der Waals surface area contributed by atoms with Gasteiger partial charge in [0.1, 0.15) is 6.61 Å². The lowest BCUT2D eigenvalue weighted by molar-refractivity contribution is 0.0772. The molecule has 0 bridgehead atoms. The second kappa shape index (κ2) is 8.18. The number of carbonyl (C=O) groups excluding carboxylic acids is 1. The minimum absolute atomic E-state index is 0.0416. The van der Waals surface area contributed by atoms with Crippen molar-refractivity contribution in [2.75, 3.05) is 13.1 Å². The summed E-state index contributed by atoms with van der Waals surface area (Å²) in [6.45, 7) is 5.44. The Morgan fingerprint density at radius 1 is 1.17 bits per heavy atom. The maximum Gasteiger partial charge on any atom is 0.255 e. The van der Waals surface area contributed by atoms with Gasteiger partial charge in [-0.15, -0.1) is 0 Å². The Labute approximate surface area is 146 Å². The van der Waals surface area contributed by atoms with E-state index in [-0.39, 0.29) is 12.5 Å². The van der Waals surface area contributed by atoms with E-state index in [1.165, 1.54) is 0 Å². The smallest absolute Gasteiger partial charge is 0.255 e. The SMILES string of the molecule is CCN(CC)C(=O)c1cncc(COc2c(Cl)cccc2Cl)c1. The molecule has 4 nitrogen and oxygen atoms in total. The molecule has 1 amide bonds. The fourth-order valence-electron chi connectivity index (χ4n) is 2.15. The molecule has 2 rings (SSSR count). The zero-order chi connectivity index (χ0) is 16.8. The highest BCUT2D eigenvalue weighted by Crippen LogP contribution is 2.32. The molecule has 1 aromatic heterocycles. The lowest BCUT2D eigenvalue weighted by Crippen LogP contribution is -2.30. The molecular formula is C17H18Cl2N2O2. The van der Waals surface area contributed by atoms with Crippen molar-refractivity contribution < 1.29 is 9.53 Å². The Morgan fingerprint density at radius 2 is 1.83 bits per heavy atom. The van der Waals surface area contributed by atoms with E-state index in [0.717, 1.165) is 5.56 Å². The third-order valence-electron chi connectivity index (χ3n) is 3.39. The average molecular weight is 353 g/mol. The number of benzene rings is 1. The molecule has 0 atom stereocenters. The number of rotatable bonds is 6. The average Bonchev–Trinajstić information content (AvgIpc) is 2.55. The Bertz CT molecular complexity index is 668. The summed E-state index contributed by atoms with van der Waals surface area (Å²) in [7, 11) is 0. The molecular weight excluding hydrogens is 335 g/mol. The summed E-state index contributed by atoms with van der Waals surface area (Å²) in [5.74, 6) is 0.386. The molecule has 0 fully saturated rings. The molecule has 0 N–H and O–H groups in total. The summed E-state index contributed by atoms with van der Waals surface area (Å²) in [5, 5.41) is 0.890. The number of aromatic nitrogens is 1. The maximum atomic E-state index is 12.3. The van der Waals surface area contributed by atoms with Gasteiger partial charge >= 0.3 is 0 Å². The van der Waals surface area contributed by atoms with Crippen molar-refractivity contribution in [2.45, 2.75) is 20.5 Å². The van der Waals surface area contributed by atoms with E-state index in [2.05, 4.69) is 4.98 Å². The van der Waals surface area contributed by atoms with Gasteiger partial charge in [0.25, 0.3) is 5.91 Å². The van der Waals surface area contributed by atoms with Crippen LogP contribution in [0.4, 0.5) is 0 Å². The van der Waals surface area contributed by atoms with Gasteiger partial charge < -0.3 is 9.64 Å². The summed E-state index contributed by atoms with van der Waals surface area (Å²) < 4.78 is 5.67. The highest BCUT2D eigenvalue weighted by Gasteiger charge is 2.14. The Hall–Kier alpha value is -1.78. The van der Waals surface area contributed by atoms with Crippen LogP contribution in [0, 0.1) is 0 Å². The molecule has 0 radical (unpaired) electrons. The second-order valence-corrected chi connectivity index (χ2v) is 5.71. The van der Waals surface area contributed by atoms with E-state index in [9.17, 15) is 4.79 Å². The zero-order valence-corrected chi connectivity index (χ0v) is 14.6. The van der Waals surface area contributed by atoms with E-state index in [4.69, 9.17) is 27.9 Å². The molecule has 0 aliphatic rings. The molecule has 1 aromatic carbocycles. The van der Waals surface area contributed by atoms with Gasteiger partial charge in [0.05, 0.1) is 15.6 Å². The molecule has 23 heavy (non-hydrogen) atoms. The lowest BCUT2D eigenvalue weighted by Gasteiger charge is -2.18. The van der Waals surface area contributed by atoms with Gasteiger partial charge in [-0.05, 0) is 32.0 Å². The summed E-state index contributed by atoms with van der Waals surface area (Å²) in [5.41, 5.74) is 1.32. The number of carbonyl (C=O) groups is 1. The van der Waals surface area contributed by atoms with E-state index >= 15 is 0 Å². The highest BCUT2D eigenvalue weighted by molar-refractivity contribution is 6.37. The summed E-state index contributed by atoms with van der Waals surface area (Å²) >= 11 is 12.1. The molecule has 6 heteroatoms. The van der Waals surface area contributed by atoms with E-state index < -0.39 is 0 Å². The molecule has 1 heterocycles. The van der Waals surface area contributed by atoms with Gasteiger partial charge in [-0.25, -0.2) is 0 Å². The summed E-state index contributed by atoms with van der Waals surface area (Å²) in [6.07, 6.45) is 3.22. The van der Waals surface area contributed by atoms with Gasteiger partial charge in [-0.1, -0.05) is 29.3 Å². The van der Waals surface area contributed by atoms with Crippen LogP contribution in [0.3, 0.4) is 0 Å². The van der Waals surface area contributed by atoms with Crippen LogP contribution in [-0.2, 0) is 6.61 Å². The Kier molecular flexibility index (Phi) is 6.25. The number of nitrogens with zero attached hydrogens (tertiary/aromatic N) is 2. The van der Waals surface area contributed by atoms with Gasteiger partial charge in [0.2, 0.25) is 0 Å². The second-order valence-electron chi connectivity index (χ2n) is 4.90. The van der Waals surface area contributed by atoms with E-state index in [1.54, 1.807) is 41.6 Å². The molecule has 2 aromatic rings. The summed E-state index contributed by atoms with van der Waals surface area (Å²) in [6, 6.07) is 6.95. The maximum absolute atomic E-state index is 12.3. The minimum atomic E-state index is -0.0416. The third-order valence-corrected chi connectivity index (χ3v) is 3.99. The minimum Gasteiger partial charge on any atom is -0.486 e. The Balaban J connectivity index is 2.13. The van der Waals surface area contributed by atoms with Gasteiger partial charge in [0.15, 0.2) is 5.75 Å². The van der Waals surface area contributed by atoms with Crippen LogP contribution in [0.1, 0.15) is 29.8 Å². The Morgan fingerprint density at radius 3 is 2.43 bits per heavy atom. The van der Waals surface area contributed by atoms with Crippen LogP contribution in [0.15, 0.2) is 36.7 Å². The first-order valence-corrected chi connectivity index (χ1v) is 8.12. The van der Waals surface area contributed by atoms with Crippen LogP contribution < -0.4 is 4.74 Å². The highest BCUT2D eigenvalue weighted by atomic mass is 35.5. The van der Waals surface area contributed by atoms with Crippen LogP contribution in [0.25, 0.3) is 0 Å². The standard InChI is InChI=1S/C17H18Cl2N2O2/c1-3-21(4-2)17(22)13-8-12(9-20-10-13)11-23-16-14(18)6-5-7-15(16)19/h5-10H,3-4,11H2,1-2H3. The number of pyridine rings is 1. The van der Waals surface area contributed by atoms with E-state index in [1.807, 2.05) is 13.8 Å². The number of ether oxygens (including phenoxy) is 1. The van der Waals surface area contributed by atoms with E-state index in [0.29, 0.717) is 34.4 Å². The number of hydrogen-bond donors (Lipinski definition) is 0. The van der Waals surface area contributed by atoms with Crippen LogP contribution >= 0.6 is 23.2 Å². The van der Waals surface area contributed by atoms with Crippen molar-refractivity contribution in [1.82, 2.24) is 9.88 Å². The predicted molar refractivity (Wildman–Crippen MR) is 92.3 cm³/mol. The first-order valence-electron chi connectivity index (χ1n) is 7.36. The van der Waals surface area contributed by atoms with Crippen molar-refractivity contribution in [3.8, 4) is 5.75 Å². The quantitative estimate of drug-likeness (QED) is 0.771. The number of hydrogen-bond acceptors (Lipinski definition) is 3.